The lowest BCUT2D eigenvalue weighted by Gasteiger charge is -2.33. The molecule has 1 unspecified atom stereocenters. The molecule has 1 atom stereocenters. The molecule has 1 amide bonds. The third-order valence-corrected chi connectivity index (χ3v) is 3.15. The van der Waals surface area contributed by atoms with Gasteiger partial charge in [-0.15, -0.1) is 0 Å². The molecule has 1 heterocycles. The van der Waals surface area contributed by atoms with Gasteiger partial charge < -0.3 is 15.2 Å². The molecule has 1 aliphatic heterocycles. The fourth-order valence-corrected chi connectivity index (χ4v) is 2.16. The molecule has 4 nitrogen and oxygen atoms in total. The summed E-state index contributed by atoms with van der Waals surface area (Å²) < 4.78 is 5.72. The first-order chi connectivity index (χ1) is 7.74. The fourth-order valence-electron chi connectivity index (χ4n) is 2.16. The van der Waals surface area contributed by atoms with Gasteiger partial charge in [-0.25, -0.2) is 0 Å². The van der Waals surface area contributed by atoms with Gasteiger partial charge in [0.25, 0.3) is 5.91 Å². The number of amides is 1. The Kier molecular flexibility index (Phi) is 2.19. The average molecular weight is 219 g/mol. The second-order valence-electron chi connectivity index (χ2n) is 4.32. The van der Waals surface area contributed by atoms with Crippen molar-refractivity contribution in [3.63, 3.8) is 0 Å². The second-order valence-corrected chi connectivity index (χ2v) is 4.32. The number of fused-ring (bicyclic) bond motifs is 1. The van der Waals surface area contributed by atoms with Crippen LogP contribution in [0.2, 0.25) is 0 Å². The maximum Gasteiger partial charge on any atom is 0.253 e. The summed E-state index contributed by atoms with van der Waals surface area (Å²) in [4.78, 5) is 11.6. The molecule has 0 saturated heterocycles. The van der Waals surface area contributed by atoms with Gasteiger partial charge in [-0.2, -0.15) is 0 Å². The zero-order valence-electron chi connectivity index (χ0n) is 8.72. The SMILES string of the molecule is O=C1NC(O[C@H]2C[C@H](O)C2)c2ccccc21. The van der Waals surface area contributed by atoms with E-state index in [9.17, 15) is 9.90 Å². The lowest BCUT2D eigenvalue weighted by atomic mass is 9.92. The Morgan fingerprint density at radius 2 is 2.06 bits per heavy atom. The highest BCUT2D eigenvalue weighted by atomic mass is 16.5. The van der Waals surface area contributed by atoms with Crippen LogP contribution in [0.1, 0.15) is 35.0 Å². The average Bonchev–Trinajstić information content (AvgIpc) is 2.55. The van der Waals surface area contributed by atoms with Crippen molar-refractivity contribution in [2.24, 2.45) is 0 Å². The molecule has 1 aliphatic carbocycles. The summed E-state index contributed by atoms with van der Waals surface area (Å²) in [6.07, 6.45) is 0.799. The summed E-state index contributed by atoms with van der Waals surface area (Å²) in [5.41, 5.74) is 1.58. The minimum absolute atomic E-state index is 0.0615. The quantitative estimate of drug-likeness (QED) is 0.779. The van der Waals surface area contributed by atoms with E-state index in [0.717, 1.165) is 5.56 Å². The van der Waals surface area contributed by atoms with Gasteiger partial charge in [-0.1, -0.05) is 18.2 Å². The van der Waals surface area contributed by atoms with Crippen LogP contribution in [0.15, 0.2) is 24.3 Å². The normalized spacial score (nSPS) is 31.8. The van der Waals surface area contributed by atoms with Gasteiger partial charge in [0, 0.05) is 11.1 Å². The summed E-state index contributed by atoms with van der Waals surface area (Å²) in [7, 11) is 0. The van der Waals surface area contributed by atoms with Crippen molar-refractivity contribution in [3.8, 4) is 0 Å². The predicted octanol–water partition coefficient (Wildman–Crippen LogP) is 0.968. The Bertz CT molecular complexity index is 426. The summed E-state index contributed by atoms with van der Waals surface area (Å²) in [6, 6.07) is 7.43. The maximum absolute atomic E-state index is 11.6. The third-order valence-electron chi connectivity index (χ3n) is 3.15. The van der Waals surface area contributed by atoms with Crippen molar-refractivity contribution in [1.29, 1.82) is 0 Å². The fraction of sp³-hybridized carbons (Fsp3) is 0.417. The highest BCUT2D eigenvalue weighted by Gasteiger charge is 2.35. The Morgan fingerprint density at radius 1 is 1.31 bits per heavy atom. The predicted molar refractivity (Wildman–Crippen MR) is 56.8 cm³/mol. The zero-order valence-corrected chi connectivity index (χ0v) is 8.72. The molecule has 2 aliphatic rings. The van der Waals surface area contributed by atoms with Crippen LogP contribution in [-0.4, -0.2) is 23.2 Å². The molecule has 1 saturated carbocycles. The minimum atomic E-state index is -0.346. The van der Waals surface area contributed by atoms with Gasteiger partial charge >= 0.3 is 0 Å². The number of aliphatic hydroxyl groups excluding tert-OH is 1. The molecule has 2 N–H and O–H groups in total. The standard InChI is InChI=1S/C12H13NO3/c14-7-5-8(6-7)16-12-10-4-2-1-3-9(10)11(15)13-12/h1-4,7-8,12,14H,5-6H2,(H,13,15)/t7-,8-,12?. The maximum atomic E-state index is 11.6. The Labute approximate surface area is 93.2 Å². The van der Waals surface area contributed by atoms with Crippen LogP contribution in [0.5, 0.6) is 0 Å². The van der Waals surface area contributed by atoms with Crippen LogP contribution < -0.4 is 5.32 Å². The van der Waals surface area contributed by atoms with Gasteiger partial charge in [0.05, 0.1) is 12.2 Å². The molecule has 0 spiro atoms. The van der Waals surface area contributed by atoms with Crippen molar-refractivity contribution in [1.82, 2.24) is 5.32 Å². The van der Waals surface area contributed by atoms with Crippen LogP contribution in [0.3, 0.4) is 0 Å². The van der Waals surface area contributed by atoms with Crippen LogP contribution in [0, 0.1) is 0 Å². The molecule has 84 valence electrons. The van der Waals surface area contributed by atoms with E-state index in [4.69, 9.17) is 4.74 Å². The number of rotatable bonds is 2. The van der Waals surface area contributed by atoms with Gasteiger partial charge in [-0.3, -0.25) is 4.79 Å². The number of hydrogen-bond acceptors (Lipinski definition) is 3. The van der Waals surface area contributed by atoms with Crippen molar-refractivity contribution >= 4 is 5.91 Å². The lowest BCUT2D eigenvalue weighted by molar-refractivity contribution is -0.109. The van der Waals surface area contributed by atoms with Crippen molar-refractivity contribution < 1.29 is 14.6 Å². The van der Waals surface area contributed by atoms with Crippen molar-refractivity contribution in [3.05, 3.63) is 35.4 Å². The highest BCUT2D eigenvalue weighted by Crippen LogP contribution is 2.32. The number of hydrogen-bond donors (Lipinski definition) is 2. The largest absolute Gasteiger partial charge is 0.393 e. The van der Waals surface area contributed by atoms with E-state index in [1.165, 1.54) is 0 Å². The first-order valence-electron chi connectivity index (χ1n) is 5.47. The Balaban J connectivity index is 1.76. The molecule has 4 heteroatoms. The monoisotopic (exact) mass is 219 g/mol. The minimum Gasteiger partial charge on any atom is -0.393 e. The molecule has 1 aromatic carbocycles. The Hall–Kier alpha value is -1.39. The molecule has 1 fully saturated rings. The van der Waals surface area contributed by atoms with Crippen LogP contribution in [-0.2, 0) is 4.74 Å². The number of ether oxygens (including phenoxy) is 1. The third kappa shape index (κ3) is 1.50. The van der Waals surface area contributed by atoms with E-state index in [-0.39, 0.29) is 24.3 Å². The molecular formula is C12H13NO3. The van der Waals surface area contributed by atoms with E-state index in [1.807, 2.05) is 18.2 Å². The van der Waals surface area contributed by atoms with Crippen LogP contribution in [0.25, 0.3) is 0 Å². The summed E-state index contributed by atoms with van der Waals surface area (Å²) in [5, 5.41) is 12.0. The molecule has 1 aromatic rings. The first-order valence-corrected chi connectivity index (χ1v) is 5.47. The van der Waals surface area contributed by atoms with Gasteiger partial charge in [0.2, 0.25) is 0 Å². The number of nitrogens with one attached hydrogen (secondary N) is 1. The molecule has 3 rings (SSSR count). The van der Waals surface area contributed by atoms with Gasteiger partial charge in [0.15, 0.2) is 6.23 Å². The molecule has 0 bridgehead atoms. The van der Waals surface area contributed by atoms with E-state index in [1.54, 1.807) is 6.07 Å². The number of aliphatic hydroxyl groups is 1. The molecule has 0 radical (unpaired) electrons. The Morgan fingerprint density at radius 3 is 2.81 bits per heavy atom. The van der Waals surface area contributed by atoms with Crippen molar-refractivity contribution in [2.75, 3.05) is 0 Å². The van der Waals surface area contributed by atoms with Crippen LogP contribution >= 0.6 is 0 Å². The topological polar surface area (TPSA) is 58.6 Å². The molecular weight excluding hydrogens is 206 g/mol. The van der Waals surface area contributed by atoms with Crippen LogP contribution in [0.4, 0.5) is 0 Å². The summed E-state index contributed by atoms with van der Waals surface area (Å²) in [5.74, 6) is -0.0829. The second kappa shape index (κ2) is 3.57. The van der Waals surface area contributed by atoms with E-state index >= 15 is 0 Å². The van der Waals surface area contributed by atoms with Crippen molar-refractivity contribution in [2.45, 2.75) is 31.3 Å². The first kappa shape index (κ1) is 9.81. The number of carbonyl (C=O) groups is 1. The van der Waals surface area contributed by atoms with E-state index < -0.39 is 0 Å². The lowest BCUT2D eigenvalue weighted by Crippen LogP contribution is -2.38. The number of benzene rings is 1. The molecule has 0 aromatic heterocycles. The van der Waals surface area contributed by atoms with Gasteiger partial charge in [0.1, 0.15) is 0 Å². The summed E-state index contributed by atoms with van der Waals surface area (Å²) in [6.45, 7) is 0. The number of carbonyl (C=O) groups excluding carboxylic acids is 1. The summed E-state index contributed by atoms with van der Waals surface area (Å²) >= 11 is 0. The highest BCUT2D eigenvalue weighted by molar-refractivity contribution is 5.98. The van der Waals surface area contributed by atoms with E-state index in [0.29, 0.717) is 18.4 Å². The zero-order chi connectivity index (χ0) is 11.1. The molecule has 16 heavy (non-hydrogen) atoms. The van der Waals surface area contributed by atoms with E-state index in [2.05, 4.69) is 5.32 Å². The van der Waals surface area contributed by atoms with Gasteiger partial charge in [-0.05, 0) is 18.9 Å². The smallest absolute Gasteiger partial charge is 0.253 e.